The van der Waals surface area contributed by atoms with E-state index in [4.69, 9.17) is 18.9 Å². The maximum Gasteiger partial charge on any atom is 0.260 e. The minimum absolute atomic E-state index is 0.0149. The number of hydrogen-bond acceptors (Lipinski definition) is 5. The predicted molar refractivity (Wildman–Crippen MR) is 108 cm³/mol. The number of carbonyl (C=O) groups is 1. The van der Waals surface area contributed by atoms with Crippen LogP contribution in [0.15, 0.2) is 54.6 Å². The van der Waals surface area contributed by atoms with Gasteiger partial charge >= 0.3 is 0 Å². The first kappa shape index (κ1) is 19.7. The van der Waals surface area contributed by atoms with Crippen molar-refractivity contribution in [1.82, 2.24) is 4.90 Å². The molecule has 4 rings (SSSR count). The van der Waals surface area contributed by atoms with E-state index in [2.05, 4.69) is 0 Å². The number of hydrogen-bond donors (Lipinski definition) is 0. The first-order valence-corrected chi connectivity index (χ1v) is 10.2. The summed E-state index contributed by atoms with van der Waals surface area (Å²) in [5.41, 5.74) is 1.12. The Labute approximate surface area is 171 Å². The van der Waals surface area contributed by atoms with Crippen LogP contribution in [0.3, 0.4) is 0 Å². The van der Waals surface area contributed by atoms with Gasteiger partial charge in [0.25, 0.3) is 5.91 Å². The number of likely N-dealkylation sites (tertiary alicyclic amines) is 1. The van der Waals surface area contributed by atoms with E-state index < -0.39 is 0 Å². The molecule has 29 heavy (non-hydrogen) atoms. The molecule has 0 saturated carbocycles. The number of rotatable bonds is 7. The van der Waals surface area contributed by atoms with Gasteiger partial charge in [-0.15, -0.1) is 0 Å². The molecule has 2 fully saturated rings. The van der Waals surface area contributed by atoms with Crippen molar-refractivity contribution in [3.63, 3.8) is 0 Å². The Hall–Kier alpha value is -2.57. The largest absolute Gasteiger partial charge is 0.489 e. The number of amides is 1. The van der Waals surface area contributed by atoms with E-state index in [1.807, 2.05) is 59.5 Å². The van der Waals surface area contributed by atoms with Gasteiger partial charge in [0, 0.05) is 19.0 Å². The average molecular weight is 397 g/mol. The van der Waals surface area contributed by atoms with Gasteiger partial charge in [-0.1, -0.05) is 30.3 Å². The van der Waals surface area contributed by atoms with E-state index in [1.54, 1.807) is 0 Å². The summed E-state index contributed by atoms with van der Waals surface area (Å²) in [6.45, 7) is 3.36. The number of ether oxygens (including phenoxy) is 4. The molecule has 2 aromatic carbocycles. The highest BCUT2D eigenvalue weighted by atomic mass is 16.7. The Bertz CT molecular complexity index is 766. The second kappa shape index (κ2) is 9.76. The van der Waals surface area contributed by atoms with Crippen LogP contribution in [0.4, 0.5) is 0 Å². The minimum atomic E-state index is -0.0915. The Morgan fingerprint density at radius 1 is 0.897 bits per heavy atom. The average Bonchev–Trinajstić information content (AvgIpc) is 3.33. The molecule has 0 aromatic heterocycles. The molecule has 2 aliphatic heterocycles. The smallest absolute Gasteiger partial charge is 0.260 e. The van der Waals surface area contributed by atoms with Crippen LogP contribution in [0.2, 0.25) is 0 Å². The van der Waals surface area contributed by atoms with E-state index in [-0.39, 0.29) is 18.8 Å². The molecule has 2 aliphatic rings. The Kier molecular flexibility index (Phi) is 6.64. The van der Waals surface area contributed by atoms with Gasteiger partial charge < -0.3 is 23.8 Å². The lowest BCUT2D eigenvalue weighted by Gasteiger charge is -2.33. The highest BCUT2D eigenvalue weighted by Gasteiger charge is 2.31. The highest BCUT2D eigenvalue weighted by Crippen LogP contribution is 2.26. The normalized spacial score (nSPS) is 18.0. The van der Waals surface area contributed by atoms with Crippen LogP contribution in [0, 0.1) is 5.92 Å². The fourth-order valence-corrected chi connectivity index (χ4v) is 3.68. The van der Waals surface area contributed by atoms with Gasteiger partial charge in [-0.3, -0.25) is 4.79 Å². The van der Waals surface area contributed by atoms with E-state index in [9.17, 15) is 4.79 Å². The summed E-state index contributed by atoms with van der Waals surface area (Å²) in [4.78, 5) is 14.3. The summed E-state index contributed by atoms with van der Waals surface area (Å²) >= 11 is 0. The van der Waals surface area contributed by atoms with Crippen LogP contribution >= 0.6 is 0 Å². The molecule has 0 bridgehead atoms. The molecular weight excluding hydrogens is 370 g/mol. The van der Waals surface area contributed by atoms with Crippen molar-refractivity contribution >= 4 is 5.91 Å². The standard InChI is InChI=1S/C23H27NO5/c25-22(24-12-10-19(11-13-24)23-26-14-15-27-23)17-29-21-8-6-20(7-9-21)28-16-18-4-2-1-3-5-18/h1-9,19,23H,10-17H2. The zero-order valence-corrected chi connectivity index (χ0v) is 16.5. The molecule has 0 spiro atoms. The second-order valence-corrected chi connectivity index (χ2v) is 7.36. The summed E-state index contributed by atoms with van der Waals surface area (Å²) in [5.74, 6) is 1.83. The van der Waals surface area contributed by atoms with Crippen LogP contribution in [0.1, 0.15) is 18.4 Å². The molecule has 6 nitrogen and oxygen atoms in total. The van der Waals surface area contributed by atoms with Crippen molar-refractivity contribution in [3.05, 3.63) is 60.2 Å². The van der Waals surface area contributed by atoms with Gasteiger partial charge in [-0.2, -0.15) is 0 Å². The van der Waals surface area contributed by atoms with E-state index >= 15 is 0 Å². The van der Waals surface area contributed by atoms with Gasteiger partial charge in [0.2, 0.25) is 0 Å². The van der Waals surface area contributed by atoms with Crippen LogP contribution in [0.5, 0.6) is 11.5 Å². The van der Waals surface area contributed by atoms with Crippen molar-refractivity contribution in [3.8, 4) is 11.5 Å². The Balaban J connectivity index is 1.18. The van der Waals surface area contributed by atoms with Gasteiger partial charge in [0.15, 0.2) is 12.9 Å². The fourth-order valence-electron chi connectivity index (χ4n) is 3.68. The first-order valence-electron chi connectivity index (χ1n) is 10.2. The Morgan fingerprint density at radius 3 is 2.17 bits per heavy atom. The van der Waals surface area contributed by atoms with Gasteiger partial charge in [0.05, 0.1) is 13.2 Å². The van der Waals surface area contributed by atoms with E-state index in [0.717, 1.165) is 37.2 Å². The maximum atomic E-state index is 12.4. The zero-order chi connectivity index (χ0) is 19.9. The topological polar surface area (TPSA) is 57.2 Å². The molecule has 2 saturated heterocycles. The Morgan fingerprint density at radius 2 is 1.52 bits per heavy atom. The molecule has 0 N–H and O–H groups in total. The number of piperidine rings is 1. The minimum Gasteiger partial charge on any atom is -0.489 e. The van der Waals surface area contributed by atoms with Crippen molar-refractivity contribution in [2.24, 2.45) is 5.92 Å². The summed E-state index contributed by atoms with van der Waals surface area (Å²) in [7, 11) is 0. The zero-order valence-electron chi connectivity index (χ0n) is 16.5. The highest BCUT2D eigenvalue weighted by molar-refractivity contribution is 5.77. The lowest BCUT2D eigenvalue weighted by Crippen LogP contribution is -2.43. The third kappa shape index (κ3) is 5.49. The monoisotopic (exact) mass is 397 g/mol. The first-order chi connectivity index (χ1) is 14.3. The van der Waals surface area contributed by atoms with E-state index in [0.29, 0.717) is 31.5 Å². The van der Waals surface area contributed by atoms with Crippen LogP contribution < -0.4 is 9.47 Å². The number of carbonyl (C=O) groups excluding carboxylic acids is 1. The van der Waals surface area contributed by atoms with Gasteiger partial charge in [0.1, 0.15) is 18.1 Å². The SMILES string of the molecule is O=C(COc1ccc(OCc2ccccc2)cc1)N1CCC(C2OCCO2)CC1. The quantitative estimate of drug-likeness (QED) is 0.718. The summed E-state index contributed by atoms with van der Waals surface area (Å²) in [6, 6.07) is 17.4. The van der Waals surface area contributed by atoms with Crippen molar-refractivity contribution in [1.29, 1.82) is 0 Å². The van der Waals surface area contributed by atoms with Crippen molar-refractivity contribution < 1.29 is 23.7 Å². The summed E-state index contributed by atoms with van der Waals surface area (Å²) in [6.07, 6.45) is 1.72. The molecule has 154 valence electrons. The molecule has 0 atom stereocenters. The molecule has 6 heteroatoms. The maximum absolute atomic E-state index is 12.4. The predicted octanol–water partition coefficient (Wildman–Crippen LogP) is 3.26. The van der Waals surface area contributed by atoms with Gasteiger partial charge in [-0.25, -0.2) is 0 Å². The molecule has 0 aliphatic carbocycles. The summed E-state index contributed by atoms with van der Waals surface area (Å²) in [5, 5.41) is 0. The van der Waals surface area contributed by atoms with Crippen LogP contribution in [-0.2, 0) is 20.9 Å². The lowest BCUT2D eigenvalue weighted by atomic mass is 9.96. The van der Waals surface area contributed by atoms with Crippen molar-refractivity contribution in [2.75, 3.05) is 32.9 Å². The summed E-state index contributed by atoms with van der Waals surface area (Å²) < 4.78 is 22.6. The molecule has 1 amide bonds. The lowest BCUT2D eigenvalue weighted by molar-refractivity contribution is -0.138. The fraction of sp³-hybridized carbons (Fsp3) is 0.435. The molecule has 0 unspecified atom stereocenters. The van der Waals surface area contributed by atoms with E-state index in [1.165, 1.54) is 0 Å². The molecule has 0 radical (unpaired) electrons. The molecular formula is C23H27NO5. The van der Waals surface area contributed by atoms with Crippen LogP contribution in [0.25, 0.3) is 0 Å². The second-order valence-electron chi connectivity index (χ2n) is 7.36. The van der Waals surface area contributed by atoms with Gasteiger partial charge in [-0.05, 0) is 42.7 Å². The third-order valence-electron chi connectivity index (χ3n) is 5.36. The molecule has 2 aromatic rings. The number of benzene rings is 2. The third-order valence-corrected chi connectivity index (χ3v) is 5.36. The van der Waals surface area contributed by atoms with Crippen molar-refractivity contribution in [2.45, 2.75) is 25.7 Å². The van der Waals surface area contributed by atoms with Crippen LogP contribution in [-0.4, -0.2) is 50.0 Å². The molecule has 2 heterocycles. The number of nitrogens with zero attached hydrogens (tertiary/aromatic N) is 1.